The molecule has 2 aromatic carbocycles. The highest BCUT2D eigenvalue weighted by Gasteiger charge is 2.32. The molecule has 0 saturated heterocycles. The van der Waals surface area contributed by atoms with Crippen LogP contribution in [-0.4, -0.2) is 35.8 Å². The van der Waals surface area contributed by atoms with E-state index in [1.165, 1.54) is 17.1 Å². The molecule has 1 N–H and O–H groups in total. The van der Waals surface area contributed by atoms with E-state index in [4.69, 9.17) is 20.4 Å². The van der Waals surface area contributed by atoms with Gasteiger partial charge in [0.15, 0.2) is 15.4 Å². The van der Waals surface area contributed by atoms with Gasteiger partial charge in [-0.15, -0.1) is 0 Å². The molecule has 0 bridgehead atoms. The van der Waals surface area contributed by atoms with Crippen molar-refractivity contribution in [3.63, 3.8) is 0 Å². The van der Waals surface area contributed by atoms with E-state index >= 15 is 0 Å². The summed E-state index contributed by atoms with van der Waals surface area (Å²) >= 11 is 7.14. The number of halogens is 1. The summed E-state index contributed by atoms with van der Waals surface area (Å²) in [6, 6.07) is 15.0. The van der Waals surface area contributed by atoms with Crippen LogP contribution in [0.2, 0.25) is 5.02 Å². The molecule has 1 aliphatic heterocycles. The van der Waals surface area contributed by atoms with E-state index in [9.17, 15) is 13.2 Å². The van der Waals surface area contributed by atoms with E-state index in [-0.39, 0.29) is 27.5 Å². The number of carbonyl (C=O) groups is 1. The van der Waals surface area contributed by atoms with Crippen LogP contribution in [-0.2, 0) is 14.6 Å². The number of nitrogens with one attached hydrogen (secondary N) is 1. The molecule has 0 fully saturated rings. The number of thioether (sulfide) groups is 1. The number of fused-ring (bicyclic) bond motifs is 1. The number of sulfone groups is 1. The monoisotopic (exact) mass is 529 g/mol. The van der Waals surface area contributed by atoms with Gasteiger partial charge in [-0.1, -0.05) is 42.4 Å². The third-order valence-corrected chi connectivity index (χ3v) is 8.30. The van der Waals surface area contributed by atoms with Crippen LogP contribution in [0.4, 0.5) is 0 Å². The molecule has 35 heavy (non-hydrogen) atoms. The fourth-order valence-corrected chi connectivity index (χ4v) is 5.37. The van der Waals surface area contributed by atoms with Crippen molar-refractivity contribution in [1.82, 2.24) is 15.4 Å². The molecule has 0 unspecified atom stereocenters. The van der Waals surface area contributed by atoms with Gasteiger partial charge in [0.2, 0.25) is 0 Å². The van der Waals surface area contributed by atoms with E-state index in [1.807, 2.05) is 24.3 Å². The number of oxazole rings is 1. The van der Waals surface area contributed by atoms with Crippen molar-refractivity contribution in [2.75, 3.05) is 11.5 Å². The van der Waals surface area contributed by atoms with Gasteiger partial charge in [0.1, 0.15) is 17.3 Å². The van der Waals surface area contributed by atoms with Crippen LogP contribution >= 0.6 is 23.4 Å². The summed E-state index contributed by atoms with van der Waals surface area (Å²) in [7, 11) is -3.36. The number of hydrazine groups is 1. The van der Waals surface area contributed by atoms with Gasteiger partial charge in [-0.2, -0.15) is 0 Å². The fraction of sp³-hybridized carbons (Fsp3) is 0.167. The molecular weight excluding hydrogens is 510 g/mol. The minimum absolute atomic E-state index is 0.00180. The van der Waals surface area contributed by atoms with Crippen molar-refractivity contribution >= 4 is 55.9 Å². The smallest absolute Gasteiger partial charge is 0.257 e. The maximum absolute atomic E-state index is 13.2. The predicted octanol–water partition coefficient (Wildman–Crippen LogP) is 5.09. The molecule has 2 aromatic heterocycles. The number of rotatable bonds is 7. The number of hydrogen-bond acceptors (Lipinski definition) is 8. The lowest BCUT2D eigenvalue weighted by molar-refractivity contribution is -0.131. The second-order valence-corrected chi connectivity index (χ2v) is 11.4. The summed E-state index contributed by atoms with van der Waals surface area (Å²) in [6.45, 7) is 1.59. The fourth-order valence-electron chi connectivity index (χ4n) is 3.65. The van der Waals surface area contributed by atoms with Crippen LogP contribution in [0, 0.1) is 0 Å². The van der Waals surface area contributed by atoms with Gasteiger partial charge < -0.3 is 8.83 Å². The van der Waals surface area contributed by atoms with Crippen LogP contribution in [0.15, 0.2) is 85.9 Å². The highest BCUT2D eigenvalue weighted by molar-refractivity contribution is 7.99. The Morgan fingerprint density at radius 2 is 2.00 bits per heavy atom. The number of nitrogens with zero attached hydrogens (tertiary/aromatic N) is 2. The molecule has 5 rings (SSSR count). The van der Waals surface area contributed by atoms with Crippen LogP contribution in [0.5, 0.6) is 0 Å². The summed E-state index contributed by atoms with van der Waals surface area (Å²) in [4.78, 5) is 17.7. The molecule has 11 heteroatoms. The molecule has 0 saturated carbocycles. The van der Waals surface area contributed by atoms with Crippen molar-refractivity contribution in [1.29, 1.82) is 0 Å². The summed E-state index contributed by atoms with van der Waals surface area (Å²) in [5.74, 6) is 0.441. The molecule has 0 radical (unpaired) electrons. The lowest BCUT2D eigenvalue weighted by Gasteiger charge is -2.23. The van der Waals surface area contributed by atoms with Gasteiger partial charge >= 0.3 is 0 Å². The van der Waals surface area contributed by atoms with Crippen molar-refractivity contribution in [3.8, 4) is 0 Å². The Morgan fingerprint density at radius 3 is 2.71 bits per heavy atom. The second kappa shape index (κ2) is 9.44. The van der Waals surface area contributed by atoms with Gasteiger partial charge in [0.25, 0.3) is 11.1 Å². The van der Waals surface area contributed by atoms with E-state index in [0.29, 0.717) is 21.9 Å². The zero-order chi connectivity index (χ0) is 24.6. The van der Waals surface area contributed by atoms with E-state index in [1.54, 1.807) is 37.5 Å². The molecule has 1 amide bonds. The van der Waals surface area contributed by atoms with E-state index in [2.05, 4.69) is 10.4 Å². The Labute approximate surface area is 210 Å². The minimum Gasteiger partial charge on any atom is -0.467 e. The zero-order valence-electron chi connectivity index (χ0n) is 18.5. The summed E-state index contributed by atoms with van der Waals surface area (Å²) < 4.78 is 35.6. The number of hydrogen-bond donors (Lipinski definition) is 1. The van der Waals surface area contributed by atoms with Gasteiger partial charge in [0.05, 0.1) is 28.4 Å². The van der Waals surface area contributed by atoms with Crippen molar-refractivity contribution < 1.29 is 22.0 Å². The molecule has 0 aliphatic carbocycles. The molecule has 8 nitrogen and oxygen atoms in total. The molecule has 3 heterocycles. The standard InChI is InChI=1S/C24H20ClN3O5S2/c1-2-35(30,31)17-9-10-21-19(12-17)26-24(33-21)34-14-23(29)28-20(22-4-3-11-32-22)13-18(27-28)15-5-7-16(25)8-6-15/h3-13,20,27H,2,14H2,1H3/t20-/m0/s1. The number of furan rings is 1. The topological polar surface area (TPSA) is 106 Å². The van der Waals surface area contributed by atoms with Crippen LogP contribution < -0.4 is 5.43 Å². The number of amides is 1. The van der Waals surface area contributed by atoms with Gasteiger partial charge in [0, 0.05) is 5.02 Å². The van der Waals surface area contributed by atoms with Crippen molar-refractivity contribution in [3.05, 3.63) is 83.3 Å². The number of aromatic nitrogens is 1. The van der Waals surface area contributed by atoms with E-state index < -0.39 is 15.9 Å². The first kappa shape index (κ1) is 23.5. The minimum atomic E-state index is -3.36. The first-order valence-corrected chi connectivity index (χ1v) is 13.7. The molecule has 1 atom stereocenters. The zero-order valence-corrected chi connectivity index (χ0v) is 20.9. The lowest BCUT2D eigenvalue weighted by atomic mass is 10.1. The first-order chi connectivity index (χ1) is 16.8. The largest absolute Gasteiger partial charge is 0.467 e. The van der Waals surface area contributed by atoms with Crippen molar-refractivity contribution in [2.45, 2.75) is 23.1 Å². The van der Waals surface area contributed by atoms with Gasteiger partial charge in [-0.25, -0.2) is 18.4 Å². The van der Waals surface area contributed by atoms with Crippen LogP contribution in [0.25, 0.3) is 16.8 Å². The molecule has 0 spiro atoms. The summed E-state index contributed by atoms with van der Waals surface area (Å²) in [5, 5.41) is 2.40. The number of carbonyl (C=O) groups excluding carboxylic acids is 1. The van der Waals surface area contributed by atoms with Crippen LogP contribution in [0.1, 0.15) is 24.3 Å². The molecular formula is C24H20ClN3O5S2. The average molecular weight is 530 g/mol. The van der Waals surface area contributed by atoms with Crippen LogP contribution in [0.3, 0.4) is 0 Å². The highest BCUT2D eigenvalue weighted by atomic mass is 35.5. The maximum Gasteiger partial charge on any atom is 0.257 e. The quantitative estimate of drug-likeness (QED) is 0.330. The Bertz CT molecular complexity index is 1510. The molecule has 4 aromatic rings. The SMILES string of the molecule is CCS(=O)(=O)c1ccc2oc(SCC(=O)N3NC(c4ccc(Cl)cc4)=C[C@H]3c3ccco3)nc2c1. The normalized spacial score (nSPS) is 15.9. The second-order valence-electron chi connectivity index (χ2n) is 7.72. The Kier molecular flexibility index (Phi) is 6.35. The van der Waals surface area contributed by atoms with Gasteiger partial charge in [-0.05, 0) is 54.1 Å². The third kappa shape index (κ3) is 4.82. The predicted molar refractivity (Wildman–Crippen MR) is 133 cm³/mol. The van der Waals surface area contributed by atoms with E-state index in [0.717, 1.165) is 23.0 Å². The summed E-state index contributed by atoms with van der Waals surface area (Å²) in [5.41, 5.74) is 5.68. The Morgan fingerprint density at radius 1 is 1.20 bits per heavy atom. The highest BCUT2D eigenvalue weighted by Crippen LogP contribution is 2.33. The van der Waals surface area contributed by atoms with Gasteiger partial charge in [-0.3, -0.25) is 10.2 Å². The summed E-state index contributed by atoms with van der Waals surface area (Å²) in [6.07, 6.45) is 3.48. The Hall–Kier alpha value is -3.21. The molecule has 1 aliphatic rings. The first-order valence-electron chi connectivity index (χ1n) is 10.7. The average Bonchev–Trinajstić information content (AvgIpc) is 3.61. The lowest BCUT2D eigenvalue weighted by Crippen LogP contribution is -2.40. The Balaban J connectivity index is 1.33. The van der Waals surface area contributed by atoms with Crippen molar-refractivity contribution in [2.24, 2.45) is 0 Å². The molecule has 180 valence electrons. The third-order valence-electron chi connectivity index (χ3n) is 5.50. The maximum atomic E-state index is 13.2. The number of benzene rings is 2.